The van der Waals surface area contributed by atoms with E-state index < -0.39 is 11.7 Å². The van der Waals surface area contributed by atoms with Crippen LogP contribution in [0.1, 0.15) is 70.1 Å². The van der Waals surface area contributed by atoms with Crippen LogP contribution in [0.5, 0.6) is 0 Å². The van der Waals surface area contributed by atoms with E-state index >= 15 is 0 Å². The van der Waals surface area contributed by atoms with Gasteiger partial charge in [-0.05, 0) is 106 Å². The number of benzene rings is 3. The van der Waals surface area contributed by atoms with Gasteiger partial charge in [0, 0.05) is 38.0 Å². The van der Waals surface area contributed by atoms with Crippen molar-refractivity contribution in [1.82, 2.24) is 15.1 Å². The summed E-state index contributed by atoms with van der Waals surface area (Å²) in [6.07, 6.45) is 0.104. The first kappa shape index (κ1) is 41.1. The van der Waals surface area contributed by atoms with Crippen LogP contribution in [0, 0.1) is 5.82 Å². The molecule has 3 aromatic carbocycles. The molecule has 0 heterocycles. The van der Waals surface area contributed by atoms with Crippen molar-refractivity contribution in [2.75, 3.05) is 40.0 Å². The second-order valence-corrected chi connectivity index (χ2v) is 12.5. The van der Waals surface area contributed by atoms with E-state index in [0.29, 0.717) is 18.7 Å². The molecule has 3 aromatic rings. The molecule has 0 saturated carbocycles. The number of allylic oxidation sites excluding steroid dienone is 1. The van der Waals surface area contributed by atoms with Crippen LogP contribution in [0.4, 0.5) is 22.4 Å². The topological polar surface area (TPSA) is 74.2 Å². The second kappa shape index (κ2) is 20.5. The number of aliphatic imine (C=N–C) groups is 1. The Morgan fingerprint density at radius 1 is 0.863 bits per heavy atom. The fraction of sp³-hybridized carbons (Fsp3) is 0.425. The zero-order valence-corrected chi connectivity index (χ0v) is 30.3. The Labute approximate surface area is 299 Å². The number of rotatable bonds is 14. The molecular formula is C40H50F4N4O3. The van der Waals surface area contributed by atoms with Crippen molar-refractivity contribution >= 4 is 17.6 Å². The summed E-state index contributed by atoms with van der Waals surface area (Å²) < 4.78 is 56.0. The normalized spacial score (nSPS) is 13.3. The van der Waals surface area contributed by atoms with Crippen LogP contribution < -0.4 is 5.32 Å². The van der Waals surface area contributed by atoms with Crippen LogP contribution in [0.15, 0.2) is 88.9 Å². The summed E-state index contributed by atoms with van der Waals surface area (Å²) in [5.41, 5.74) is 5.76. The van der Waals surface area contributed by atoms with Crippen LogP contribution >= 0.6 is 0 Å². The molecule has 0 saturated heterocycles. The second-order valence-electron chi connectivity index (χ2n) is 12.5. The van der Waals surface area contributed by atoms with Crippen LogP contribution in [0.2, 0.25) is 0 Å². The number of ether oxygens (including phenoxy) is 1. The Morgan fingerprint density at radius 2 is 1.45 bits per heavy atom. The predicted molar refractivity (Wildman–Crippen MR) is 195 cm³/mol. The molecule has 3 amide bonds. The van der Waals surface area contributed by atoms with Gasteiger partial charge in [0.05, 0.1) is 5.56 Å². The molecule has 0 unspecified atom stereocenters. The van der Waals surface area contributed by atoms with Crippen molar-refractivity contribution in [1.29, 1.82) is 0 Å². The molecule has 0 spiro atoms. The first-order valence-corrected chi connectivity index (χ1v) is 17.4. The standard InChI is InChI=1S/C23H30F3N3O2.C17H20FNO/c1-4-28(5-2)14-15-29(22(30)27-17-31-3)16-18-6-8-19(9-7-18)20-10-12-21(13-11-20)23(24,25)26;1-12-4-3-5-16(12)17(20)19-13(2)6-7-14-8-10-15(18)11-9-14/h6-13H,4-5,14-17H2,1-3H3,(H,27,30);8-11H,3-7H2,1-2H3. The third kappa shape index (κ3) is 13.7. The highest BCUT2D eigenvalue weighted by Crippen LogP contribution is 2.31. The van der Waals surface area contributed by atoms with Crippen molar-refractivity contribution in [3.05, 3.63) is 106 Å². The molecule has 0 atom stereocenters. The molecular weight excluding hydrogens is 660 g/mol. The van der Waals surface area contributed by atoms with Gasteiger partial charge in [0.25, 0.3) is 5.91 Å². The molecule has 4 rings (SSSR count). The summed E-state index contributed by atoms with van der Waals surface area (Å²) in [5.74, 6) is -0.297. The summed E-state index contributed by atoms with van der Waals surface area (Å²) in [4.78, 5) is 32.7. The smallest absolute Gasteiger partial charge is 0.364 e. The monoisotopic (exact) mass is 710 g/mol. The fourth-order valence-corrected chi connectivity index (χ4v) is 5.63. The lowest BCUT2D eigenvalue weighted by molar-refractivity contribution is -0.137. The van der Waals surface area contributed by atoms with E-state index in [1.54, 1.807) is 17.0 Å². The molecule has 0 aromatic heterocycles. The van der Waals surface area contributed by atoms with E-state index in [0.717, 1.165) is 91.8 Å². The highest BCUT2D eigenvalue weighted by atomic mass is 19.4. The van der Waals surface area contributed by atoms with Gasteiger partial charge in [-0.3, -0.25) is 4.79 Å². The highest BCUT2D eigenvalue weighted by molar-refractivity contribution is 6.03. The fourth-order valence-electron chi connectivity index (χ4n) is 5.63. The Bertz CT molecular complexity index is 1600. The van der Waals surface area contributed by atoms with Gasteiger partial charge in [-0.2, -0.15) is 13.2 Å². The third-order valence-corrected chi connectivity index (χ3v) is 8.84. The molecule has 1 N–H and O–H groups in total. The molecule has 276 valence electrons. The van der Waals surface area contributed by atoms with Gasteiger partial charge in [-0.25, -0.2) is 14.2 Å². The van der Waals surface area contributed by atoms with Gasteiger partial charge in [-0.15, -0.1) is 0 Å². The minimum Gasteiger partial charge on any atom is -0.364 e. The van der Waals surface area contributed by atoms with Gasteiger partial charge in [0.15, 0.2) is 0 Å². The van der Waals surface area contributed by atoms with Crippen LogP contribution in [0.25, 0.3) is 11.1 Å². The third-order valence-electron chi connectivity index (χ3n) is 8.84. The summed E-state index contributed by atoms with van der Waals surface area (Å²) in [6, 6.07) is 18.8. The minimum atomic E-state index is -4.35. The molecule has 0 bridgehead atoms. The lowest BCUT2D eigenvalue weighted by Gasteiger charge is -2.27. The molecule has 0 radical (unpaired) electrons. The summed E-state index contributed by atoms with van der Waals surface area (Å²) >= 11 is 0. The Kier molecular flexibility index (Phi) is 16.5. The number of methoxy groups -OCH3 is 1. The van der Waals surface area contributed by atoms with Crippen molar-refractivity contribution < 1.29 is 31.9 Å². The minimum absolute atomic E-state index is 0.0726. The van der Waals surface area contributed by atoms with Crippen LogP contribution in [0.3, 0.4) is 0 Å². The molecule has 11 heteroatoms. The number of nitrogens with zero attached hydrogens (tertiary/aromatic N) is 3. The molecule has 0 fully saturated rings. The van der Waals surface area contributed by atoms with E-state index in [9.17, 15) is 27.2 Å². The average molecular weight is 711 g/mol. The number of carbonyl (C=O) groups is 2. The number of halogens is 4. The lowest BCUT2D eigenvalue weighted by Crippen LogP contribution is -2.44. The van der Waals surface area contributed by atoms with Gasteiger partial charge in [-0.1, -0.05) is 68.0 Å². The van der Waals surface area contributed by atoms with E-state index in [-0.39, 0.29) is 24.5 Å². The SMILES string of the molecule is CC(CCc1ccc(F)cc1)=NC(=O)C1=C(C)CCC1.CCN(CC)CCN(Cc1ccc(-c2ccc(C(F)(F)F)cc2)cc1)C(=O)NCOC. The number of amides is 3. The number of nitrogens with one attached hydrogen (secondary N) is 1. The zero-order chi connectivity index (χ0) is 37.4. The maximum absolute atomic E-state index is 12.8. The summed E-state index contributed by atoms with van der Waals surface area (Å²) in [7, 11) is 1.51. The van der Waals surface area contributed by atoms with Gasteiger partial charge in [0.1, 0.15) is 12.5 Å². The number of hydrogen-bond acceptors (Lipinski definition) is 4. The molecule has 1 aliphatic carbocycles. The molecule has 51 heavy (non-hydrogen) atoms. The van der Waals surface area contributed by atoms with Crippen molar-refractivity contribution in [3.8, 4) is 11.1 Å². The van der Waals surface area contributed by atoms with Crippen molar-refractivity contribution in [2.24, 2.45) is 4.99 Å². The first-order chi connectivity index (χ1) is 24.3. The first-order valence-electron chi connectivity index (χ1n) is 17.4. The Hall–Kier alpha value is -4.35. The lowest BCUT2D eigenvalue weighted by atomic mass is 10.0. The van der Waals surface area contributed by atoms with Crippen LogP contribution in [-0.4, -0.2) is 67.5 Å². The van der Waals surface area contributed by atoms with Gasteiger partial charge >= 0.3 is 12.2 Å². The average Bonchev–Trinajstić information content (AvgIpc) is 3.56. The number of aryl methyl sites for hydroxylation is 1. The van der Waals surface area contributed by atoms with E-state index in [1.807, 2.05) is 38.1 Å². The molecule has 0 aliphatic heterocycles. The zero-order valence-electron chi connectivity index (χ0n) is 30.3. The maximum atomic E-state index is 12.8. The van der Waals surface area contributed by atoms with Gasteiger partial charge < -0.3 is 19.9 Å². The van der Waals surface area contributed by atoms with Gasteiger partial charge in [0.2, 0.25) is 0 Å². The van der Waals surface area contributed by atoms with E-state index in [2.05, 4.69) is 29.1 Å². The maximum Gasteiger partial charge on any atom is 0.416 e. The number of likely N-dealkylation sites (N-methyl/N-ethyl adjacent to an activating group) is 1. The number of hydrogen-bond donors (Lipinski definition) is 1. The van der Waals surface area contributed by atoms with Crippen molar-refractivity contribution in [2.45, 2.75) is 72.5 Å². The Balaban J connectivity index is 0.000000302. The summed E-state index contributed by atoms with van der Waals surface area (Å²) in [6.45, 7) is 11.8. The van der Waals surface area contributed by atoms with E-state index in [4.69, 9.17) is 4.74 Å². The van der Waals surface area contributed by atoms with E-state index in [1.165, 1.54) is 36.9 Å². The van der Waals surface area contributed by atoms with Crippen molar-refractivity contribution in [3.63, 3.8) is 0 Å². The Morgan fingerprint density at radius 3 is 1.98 bits per heavy atom. The number of urea groups is 1. The number of alkyl halides is 3. The quantitative estimate of drug-likeness (QED) is 0.103. The van der Waals surface area contributed by atoms with Crippen LogP contribution in [-0.2, 0) is 28.7 Å². The largest absolute Gasteiger partial charge is 0.416 e. The molecule has 7 nitrogen and oxygen atoms in total. The molecule has 1 aliphatic rings. The number of carbonyl (C=O) groups excluding carboxylic acids is 2. The summed E-state index contributed by atoms with van der Waals surface area (Å²) in [5, 5.41) is 2.72. The highest BCUT2D eigenvalue weighted by Gasteiger charge is 2.30. The predicted octanol–water partition coefficient (Wildman–Crippen LogP) is 9.08.